The van der Waals surface area contributed by atoms with Crippen molar-refractivity contribution >= 4 is 26.8 Å². The molecule has 3 heterocycles. The number of aryl methyl sites for hydroxylation is 1. The molecule has 1 N–H and O–H groups in total. The van der Waals surface area contributed by atoms with Gasteiger partial charge >= 0.3 is 0 Å². The van der Waals surface area contributed by atoms with Crippen LogP contribution in [0.4, 0.5) is 0 Å². The molecule has 37 heavy (non-hydrogen) atoms. The van der Waals surface area contributed by atoms with Crippen molar-refractivity contribution in [3.8, 4) is 11.9 Å². The third-order valence-corrected chi connectivity index (χ3v) is 9.67. The van der Waals surface area contributed by atoms with Gasteiger partial charge in [0.25, 0.3) is 17.3 Å². The van der Waals surface area contributed by atoms with Crippen molar-refractivity contribution in [2.45, 2.75) is 37.0 Å². The number of nitrogens with zero attached hydrogens (tertiary/aromatic N) is 5. The summed E-state index contributed by atoms with van der Waals surface area (Å²) < 4.78 is 34.0. The molecule has 192 valence electrons. The monoisotopic (exact) mass is 522 g/mol. The Labute approximate surface area is 213 Å². The Balaban J connectivity index is 1.36. The molecule has 2 aliphatic rings. The quantitative estimate of drug-likeness (QED) is 0.468. The van der Waals surface area contributed by atoms with Gasteiger partial charge in [0.05, 0.1) is 17.8 Å². The molecule has 5 rings (SSSR count). The number of nitriles is 1. The van der Waals surface area contributed by atoms with Gasteiger partial charge in [-0.25, -0.2) is 12.7 Å². The molecular weight excluding hydrogens is 496 g/mol. The summed E-state index contributed by atoms with van der Waals surface area (Å²) >= 11 is 0. The fourth-order valence-corrected chi connectivity index (χ4v) is 6.68. The molecule has 0 unspecified atom stereocenters. The Morgan fingerprint density at radius 3 is 2.57 bits per heavy atom. The zero-order valence-corrected chi connectivity index (χ0v) is 21.1. The second-order valence-corrected chi connectivity index (χ2v) is 11.8. The van der Waals surface area contributed by atoms with E-state index in [-0.39, 0.29) is 24.6 Å². The minimum absolute atomic E-state index is 0.0459. The van der Waals surface area contributed by atoms with Crippen LogP contribution >= 0.6 is 0 Å². The summed E-state index contributed by atoms with van der Waals surface area (Å²) in [6, 6.07) is 10.2. The molecule has 0 bridgehead atoms. The van der Waals surface area contributed by atoms with Crippen LogP contribution in [0.25, 0.3) is 10.9 Å². The van der Waals surface area contributed by atoms with Crippen LogP contribution in [-0.2, 0) is 23.6 Å². The highest BCUT2D eigenvalue weighted by molar-refractivity contribution is 7.90. The van der Waals surface area contributed by atoms with Crippen LogP contribution in [0.1, 0.15) is 47.2 Å². The standard InChI is InChI=1S/C25H26N6O5S/c1-30-21-19(12-20(24(30)33)22(32)27-14-18-6-4-17(13-26)5-7-18)15-28-29-23(21)36-16-25(8-9-25)37(34,35)31-10-2-3-11-31/h4-7,12,15H,2-3,8-11,14,16H2,1H3,(H,27,32). The number of carbonyl (C=O) groups is 1. The molecule has 0 spiro atoms. The summed E-state index contributed by atoms with van der Waals surface area (Å²) in [5.41, 5.74) is 1.01. The van der Waals surface area contributed by atoms with Crippen molar-refractivity contribution in [1.29, 1.82) is 5.26 Å². The Morgan fingerprint density at radius 2 is 1.92 bits per heavy atom. The van der Waals surface area contributed by atoms with Crippen LogP contribution in [0.5, 0.6) is 5.88 Å². The highest BCUT2D eigenvalue weighted by Crippen LogP contribution is 2.46. The maximum atomic E-state index is 13.1. The number of benzene rings is 1. The largest absolute Gasteiger partial charge is 0.473 e. The molecule has 2 fully saturated rings. The first-order valence-corrected chi connectivity index (χ1v) is 13.4. The smallest absolute Gasteiger partial charge is 0.263 e. The maximum Gasteiger partial charge on any atom is 0.263 e. The molecule has 1 amide bonds. The van der Waals surface area contributed by atoms with E-state index in [1.54, 1.807) is 24.3 Å². The van der Waals surface area contributed by atoms with Gasteiger partial charge in [0.2, 0.25) is 10.0 Å². The molecule has 12 heteroatoms. The van der Waals surface area contributed by atoms with E-state index in [0.717, 1.165) is 18.4 Å². The molecule has 1 aromatic carbocycles. The van der Waals surface area contributed by atoms with E-state index in [1.165, 1.54) is 28.2 Å². The maximum absolute atomic E-state index is 13.1. The summed E-state index contributed by atoms with van der Waals surface area (Å²) in [5, 5.41) is 20.1. The molecular formula is C25H26N6O5S. The molecule has 0 radical (unpaired) electrons. The number of ether oxygens (including phenoxy) is 1. The number of rotatable bonds is 8. The number of hydrogen-bond donors (Lipinski definition) is 1. The van der Waals surface area contributed by atoms with Gasteiger partial charge in [-0.05, 0) is 49.4 Å². The summed E-state index contributed by atoms with van der Waals surface area (Å²) in [5.74, 6) is -0.510. The lowest BCUT2D eigenvalue weighted by Crippen LogP contribution is -2.42. The van der Waals surface area contributed by atoms with Crippen molar-refractivity contribution in [3.05, 3.63) is 63.6 Å². The van der Waals surface area contributed by atoms with E-state index in [0.29, 0.717) is 42.4 Å². The molecule has 2 aromatic heterocycles. The van der Waals surface area contributed by atoms with Gasteiger partial charge in [-0.3, -0.25) is 9.59 Å². The minimum Gasteiger partial charge on any atom is -0.473 e. The van der Waals surface area contributed by atoms with Crippen LogP contribution in [0.3, 0.4) is 0 Å². The van der Waals surface area contributed by atoms with E-state index >= 15 is 0 Å². The van der Waals surface area contributed by atoms with Crippen molar-refractivity contribution in [3.63, 3.8) is 0 Å². The van der Waals surface area contributed by atoms with Crippen molar-refractivity contribution < 1.29 is 17.9 Å². The SMILES string of the molecule is Cn1c(=O)c(C(=O)NCc2ccc(C#N)cc2)cc2cnnc(OCC3(S(=O)(=O)N4CCCC4)CC3)c21. The summed E-state index contributed by atoms with van der Waals surface area (Å²) in [6.45, 7) is 1.16. The van der Waals surface area contributed by atoms with Gasteiger partial charge < -0.3 is 14.6 Å². The van der Waals surface area contributed by atoms with Crippen molar-refractivity contribution in [2.75, 3.05) is 19.7 Å². The average Bonchev–Trinajstić information content (AvgIpc) is 3.51. The lowest BCUT2D eigenvalue weighted by atomic mass is 10.1. The van der Waals surface area contributed by atoms with Crippen LogP contribution < -0.4 is 15.6 Å². The molecule has 11 nitrogen and oxygen atoms in total. The number of carbonyl (C=O) groups excluding carboxylic acids is 1. The summed E-state index contributed by atoms with van der Waals surface area (Å²) in [4.78, 5) is 25.9. The number of hydrogen-bond acceptors (Lipinski definition) is 8. The molecule has 3 aromatic rings. The van der Waals surface area contributed by atoms with E-state index in [2.05, 4.69) is 15.5 Å². The van der Waals surface area contributed by atoms with Gasteiger partial charge in [-0.15, -0.1) is 5.10 Å². The number of fused-ring (bicyclic) bond motifs is 1. The van der Waals surface area contributed by atoms with Crippen LogP contribution in [0.2, 0.25) is 0 Å². The average molecular weight is 523 g/mol. The third-order valence-electron chi connectivity index (χ3n) is 7.00. The number of pyridine rings is 1. The Bertz CT molecular complexity index is 1570. The van der Waals surface area contributed by atoms with Crippen LogP contribution in [0.15, 0.2) is 41.3 Å². The van der Waals surface area contributed by atoms with Gasteiger partial charge in [-0.1, -0.05) is 12.1 Å². The van der Waals surface area contributed by atoms with E-state index < -0.39 is 26.2 Å². The third kappa shape index (κ3) is 4.56. The highest BCUT2D eigenvalue weighted by Gasteiger charge is 2.58. The Morgan fingerprint density at radius 1 is 1.22 bits per heavy atom. The first kappa shape index (κ1) is 24.9. The molecule has 1 aliphatic heterocycles. The van der Waals surface area contributed by atoms with E-state index in [9.17, 15) is 18.0 Å². The number of aromatic nitrogens is 3. The topological polar surface area (TPSA) is 147 Å². The van der Waals surface area contributed by atoms with Crippen molar-refractivity contribution in [2.24, 2.45) is 7.05 Å². The Hall–Kier alpha value is -3.82. The zero-order valence-electron chi connectivity index (χ0n) is 20.3. The molecule has 1 aliphatic carbocycles. The number of amides is 1. The second kappa shape index (κ2) is 9.57. The van der Waals surface area contributed by atoms with E-state index in [1.807, 2.05) is 6.07 Å². The van der Waals surface area contributed by atoms with Gasteiger partial charge in [0.15, 0.2) is 0 Å². The fourth-order valence-electron chi connectivity index (χ4n) is 4.57. The van der Waals surface area contributed by atoms with E-state index in [4.69, 9.17) is 10.00 Å². The lowest BCUT2D eigenvalue weighted by Gasteiger charge is -2.23. The fraction of sp³-hybridized carbons (Fsp3) is 0.400. The highest BCUT2D eigenvalue weighted by atomic mass is 32.2. The predicted octanol–water partition coefficient (Wildman–Crippen LogP) is 1.47. The van der Waals surface area contributed by atoms with Crippen LogP contribution in [-0.4, -0.2) is 57.8 Å². The van der Waals surface area contributed by atoms with Crippen molar-refractivity contribution in [1.82, 2.24) is 24.4 Å². The predicted molar refractivity (Wildman–Crippen MR) is 134 cm³/mol. The van der Waals surface area contributed by atoms with Crippen LogP contribution in [0, 0.1) is 11.3 Å². The first-order chi connectivity index (χ1) is 17.8. The molecule has 0 atom stereocenters. The number of sulfonamides is 1. The van der Waals surface area contributed by atoms with Gasteiger partial charge in [-0.2, -0.15) is 10.4 Å². The number of nitrogens with one attached hydrogen (secondary N) is 1. The first-order valence-electron chi connectivity index (χ1n) is 12.0. The lowest BCUT2D eigenvalue weighted by molar-refractivity contribution is 0.0949. The van der Waals surface area contributed by atoms with Gasteiger partial charge in [0.1, 0.15) is 22.4 Å². The molecule has 1 saturated heterocycles. The molecule has 1 saturated carbocycles. The minimum atomic E-state index is -3.50. The Kier molecular flexibility index (Phi) is 6.43. The second-order valence-electron chi connectivity index (χ2n) is 9.45. The zero-order chi connectivity index (χ0) is 26.2. The summed E-state index contributed by atoms with van der Waals surface area (Å²) in [6.07, 6.45) is 4.15. The van der Waals surface area contributed by atoms with Gasteiger partial charge in [0, 0.05) is 32.1 Å². The normalized spacial score (nSPS) is 16.9. The summed E-state index contributed by atoms with van der Waals surface area (Å²) in [7, 11) is -1.99.